The third kappa shape index (κ3) is 4.45. The van der Waals surface area contributed by atoms with Crippen molar-refractivity contribution in [3.8, 4) is 51.0 Å². The Labute approximate surface area is 287 Å². The summed E-state index contributed by atoms with van der Waals surface area (Å²) in [5.41, 5.74) is 9.86. The van der Waals surface area contributed by atoms with E-state index >= 15 is 0 Å². The van der Waals surface area contributed by atoms with Gasteiger partial charge < -0.3 is 8.98 Å². The predicted octanol–water partition coefficient (Wildman–Crippen LogP) is 11.5. The van der Waals surface area contributed by atoms with Crippen molar-refractivity contribution in [1.82, 2.24) is 19.5 Å². The normalized spacial score (nSPS) is 11.6. The minimum absolute atomic E-state index is 0.567. The number of rotatable bonds is 5. The molecule has 0 N–H and O–H groups in total. The summed E-state index contributed by atoms with van der Waals surface area (Å²) < 4.78 is 9.31. The average molecular weight is 641 g/mol. The molecule has 0 amide bonds. The molecule has 0 fully saturated rings. The highest BCUT2D eigenvalue weighted by molar-refractivity contribution is 6.19. The highest BCUT2D eigenvalue weighted by atomic mass is 16.3. The number of hydrogen-bond donors (Lipinski definition) is 0. The van der Waals surface area contributed by atoms with E-state index in [-0.39, 0.29) is 0 Å². The summed E-state index contributed by atoms with van der Waals surface area (Å²) in [5, 5.41) is 4.45. The van der Waals surface area contributed by atoms with Crippen LogP contribution < -0.4 is 0 Å². The van der Waals surface area contributed by atoms with Gasteiger partial charge in [-0.2, -0.15) is 0 Å². The van der Waals surface area contributed by atoms with Gasteiger partial charge in [-0.3, -0.25) is 0 Å². The van der Waals surface area contributed by atoms with E-state index in [9.17, 15) is 0 Å². The zero-order valence-corrected chi connectivity index (χ0v) is 26.9. The molecule has 10 aromatic rings. The van der Waals surface area contributed by atoms with Gasteiger partial charge in [0.25, 0.3) is 0 Å². The molecule has 0 unspecified atom stereocenters. The van der Waals surface area contributed by atoms with Crippen molar-refractivity contribution in [2.75, 3.05) is 0 Å². The van der Waals surface area contributed by atoms with E-state index in [4.69, 9.17) is 19.4 Å². The Hall–Kier alpha value is -6.85. The number of aromatic nitrogens is 4. The molecule has 0 radical (unpaired) electrons. The summed E-state index contributed by atoms with van der Waals surface area (Å²) in [6.07, 6.45) is 0. The molecule has 0 bridgehead atoms. The largest absolute Gasteiger partial charge is 0.455 e. The molecule has 50 heavy (non-hydrogen) atoms. The van der Waals surface area contributed by atoms with Crippen molar-refractivity contribution in [2.45, 2.75) is 0 Å². The summed E-state index contributed by atoms with van der Waals surface area (Å²) in [6.45, 7) is 0. The maximum Gasteiger partial charge on any atom is 0.167 e. The number of furan rings is 1. The number of nitrogens with zero attached hydrogens (tertiary/aromatic N) is 4. The third-order valence-electron chi connectivity index (χ3n) is 9.47. The molecule has 7 aromatic carbocycles. The standard InChI is InChI=1S/C45H28N4O/c1-4-15-29(16-5-1)43-46-44(30-17-6-2-7-18-30)48-45(47-43)37-26-13-25-35-34-24-12-23-33(41(34)50-42(35)37)32-22-14-28-39-40(32)36-21-10-11-27-38(36)49(39)31-19-8-3-9-20-31/h1-28H. The molecule has 0 aliphatic rings. The summed E-state index contributed by atoms with van der Waals surface area (Å²) in [7, 11) is 0. The van der Waals surface area contributed by atoms with Crippen LogP contribution in [0.4, 0.5) is 0 Å². The fourth-order valence-electron chi connectivity index (χ4n) is 7.24. The van der Waals surface area contributed by atoms with Gasteiger partial charge in [0.1, 0.15) is 11.2 Å². The van der Waals surface area contributed by atoms with Crippen LogP contribution in [0.2, 0.25) is 0 Å². The van der Waals surface area contributed by atoms with Crippen molar-refractivity contribution in [2.24, 2.45) is 0 Å². The average Bonchev–Trinajstić information content (AvgIpc) is 3.75. The number of benzene rings is 7. The van der Waals surface area contributed by atoms with Crippen molar-refractivity contribution < 1.29 is 4.42 Å². The van der Waals surface area contributed by atoms with Crippen LogP contribution in [0.1, 0.15) is 0 Å². The Balaban J connectivity index is 1.22. The van der Waals surface area contributed by atoms with E-state index < -0.39 is 0 Å². The van der Waals surface area contributed by atoms with Crippen LogP contribution in [-0.2, 0) is 0 Å². The number of hydrogen-bond acceptors (Lipinski definition) is 4. The van der Waals surface area contributed by atoms with E-state index in [1.807, 2.05) is 66.7 Å². The predicted molar refractivity (Wildman–Crippen MR) is 203 cm³/mol. The Morgan fingerprint density at radius 3 is 1.52 bits per heavy atom. The first kappa shape index (κ1) is 28.2. The maximum atomic E-state index is 6.96. The van der Waals surface area contributed by atoms with Crippen LogP contribution in [0.5, 0.6) is 0 Å². The van der Waals surface area contributed by atoms with Crippen LogP contribution in [0.15, 0.2) is 174 Å². The second-order valence-corrected chi connectivity index (χ2v) is 12.4. The molecule has 3 aromatic heterocycles. The van der Waals surface area contributed by atoms with Crippen molar-refractivity contribution in [1.29, 1.82) is 0 Å². The van der Waals surface area contributed by atoms with Gasteiger partial charge in [0.15, 0.2) is 17.5 Å². The van der Waals surface area contributed by atoms with Crippen LogP contribution in [-0.4, -0.2) is 19.5 Å². The van der Waals surface area contributed by atoms with E-state index in [1.165, 1.54) is 16.3 Å². The zero-order chi connectivity index (χ0) is 33.0. The Bertz CT molecular complexity index is 2800. The highest BCUT2D eigenvalue weighted by Gasteiger charge is 2.21. The van der Waals surface area contributed by atoms with Crippen LogP contribution >= 0.6 is 0 Å². The first-order valence-electron chi connectivity index (χ1n) is 16.7. The van der Waals surface area contributed by atoms with Crippen LogP contribution in [0.25, 0.3) is 94.7 Å². The molecule has 0 spiro atoms. The molecule has 3 heterocycles. The van der Waals surface area contributed by atoms with Crippen molar-refractivity contribution in [3.05, 3.63) is 170 Å². The SMILES string of the molecule is c1ccc(-c2nc(-c3ccccc3)nc(-c3cccc4c3oc3c(-c5cccc6c5c5ccccc5n6-c5ccccc5)cccc34)n2)cc1. The maximum absolute atomic E-state index is 6.96. The molecule has 0 aliphatic heterocycles. The smallest absolute Gasteiger partial charge is 0.167 e. The van der Waals surface area contributed by atoms with Gasteiger partial charge in [-0.15, -0.1) is 0 Å². The summed E-state index contributed by atoms with van der Waals surface area (Å²) in [6, 6.07) is 58.5. The van der Waals surface area contributed by atoms with Crippen LogP contribution in [0.3, 0.4) is 0 Å². The summed E-state index contributed by atoms with van der Waals surface area (Å²) >= 11 is 0. The van der Waals surface area contributed by atoms with Gasteiger partial charge in [0.2, 0.25) is 0 Å². The monoisotopic (exact) mass is 640 g/mol. The summed E-state index contributed by atoms with van der Waals surface area (Å²) in [4.78, 5) is 14.9. The van der Waals surface area contributed by atoms with Gasteiger partial charge in [-0.25, -0.2) is 15.0 Å². The molecule has 5 heteroatoms. The molecule has 0 atom stereocenters. The van der Waals surface area contributed by atoms with E-state index in [2.05, 4.69) is 108 Å². The quantitative estimate of drug-likeness (QED) is 0.188. The van der Waals surface area contributed by atoms with E-state index in [1.54, 1.807) is 0 Å². The number of para-hydroxylation sites is 4. The van der Waals surface area contributed by atoms with Gasteiger partial charge in [0, 0.05) is 43.9 Å². The minimum Gasteiger partial charge on any atom is -0.455 e. The molecule has 0 saturated heterocycles. The lowest BCUT2D eigenvalue weighted by Gasteiger charge is -2.09. The first-order chi connectivity index (χ1) is 24.8. The lowest BCUT2D eigenvalue weighted by atomic mass is 9.97. The molecule has 0 saturated carbocycles. The van der Waals surface area contributed by atoms with Gasteiger partial charge in [0.05, 0.1) is 16.6 Å². The first-order valence-corrected chi connectivity index (χ1v) is 16.7. The molecule has 234 valence electrons. The Morgan fingerprint density at radius 2 is 0.840 bits per heavy atom. The lowest BCUT2D eigenvalue weighted by molar-refractivity contribution is 0.670. The minimum atomic E-state index is 0.567. The second-order valence-electron chi connectivity index (χ2n) is 12.4. The zero-order valence-electron chi connectivity index (χ0n) is 26.9. The Morgan fingerprint density at radius 1 is 0.360 bits per heavy atom. The molecular formula is C45H28N4O. The fourth-order valence-corrected chi connectivity index (χ4v) is 7.24. The molecule has 0 aliphatic carbocycles. The lowest BCUT2D eigenvalue weighted by Crippen LogP contribution is -2.00. The van der Waals surface area contributed by atoms with E-state index in [0.717, 1.165) is 61.0 Å². The second kappa shape index (κ2) is 11.4. The van der Waals surface area contributed by atoms with Crippen LogP contribution in [0, 0.1) is 0 Å². The Kier molecular flexibility index (Phi) is 6.42. The van der Waals surface area contributed by atoms with Crippen molar-refractivity contribution >= 4 is 43.7 Å². The topological polar surface area (TPSA) is 56.7 Å². The fraction of sp³-hybridized carbons (Fsp3) is 0. The van der Waals surface area contributed by atoms with Crippen molar-refractivity contribution in [3.63, 3.8) is 0 Å². The third-order valence-corrected chi connectivity index (χ3v) is 9.47. The molecular weight excluding hydrogens is 613 g/mol. The van der Waals surface area contributed by atoms with Gasteiger partial charge in [-0.1, -0.05) is 140 Å². The van der Waals surface area contributed by atoms with Gasteiger partial charge >= 0.3 is 0 Å². The molecule has 10 rings (SSSR count). The highest BCUT2D eigenvalue weighted by Crippen LogP contribution is 2.44. The summed E-state index contributed by atoms with van der Waals surface area (Å²) in [5.74, 6) is 1.80. The van der Waals surface area contributed by atoms with E-state index in [0.29, 0.717) is 17.5 Å². The molecule has 5 nitrogen and oxygen atoms in total. The number of fused-ring (bicyclic) bond motifs is 6. The van der Waals surface area contributed by atoms with Gasteiger partial charge in [-0.05, 0) is 35.9 Å².